The van der Waals surface area contributed by atoms with Crippen molar-refractivity contribution in [3.63, 3.8) is 0 Å². The predicted molar refractivity (Wildman–Crippen MR) is 127 cm³/mol. The molecule has 1 aromatic rings. The second-order valence-corrected chi connectivity index (χ2v) is 10.9. The van der Waals surface area contributed by atoms with Gasteiger partial charge >= 0.3 is 5.97 Å². The van der Waals surface area contributed by atoms with Crippen molar-refractivity contribution in [2.24, 2.45) is 29.6 Å². The van der Waals surface area contributed by atoms with Crippen LogP contribution in [0.2, 0.25) is 0 Å². The van der Waals surface area contributed by atoms with Crippen molar-refractivity contribution in [3.05, 3.63) is 23.8 Å². The monoisotopic (exact) mass is 426 g/mol. The quantitative estimate of drug-likeness (QED) is 0.438. The van der Waals surface area contributed by atoms with E-state index in [0.29, 0.717) is 11.4 Å². The average molecular weight is 427 g/mol. The van der Waals surface area contributed by atoms with E-state index in [-0.39, 0.29) is 18.5 Å². The first-order chi connectivity index (χ1) is 15.0. The van der Waals surface area contributed by atoms with E-state index < -0.39 is 0 Å². The SMILES string of the molecule is CC1CCC(C2CCC(C3CCC(OC(=O)Cc4cc(N)cc(N)c4)CC3)CC2)CC1. The summed E-state index contributed by atoms with van der Waals surface area (Å²) >= 11 is 0. The number of nitrogen functional groups attached to an aromatic ring is 2. The minimum Gasteiger partial charge on any atom is -0.462 e. The number of carbonyl (C=O) groups is 1. The van der Waals surface area contributed by atoms with E-state index >= 15 is 0 Å². The lowest BCUT2D eigenvalue weighted by Crippen LogP contribution is -2.31. The van der Waals surface area contributed by atoms with Crippen molar-refractivity contribution in [2.75, 3.05) is 11.5 Å². The zero-order chi connectivity index (χ0) is 21.8. The van der Waals surface area contributed by atoms with E-state index in [4.69, 9.17) is 16.2 Å². The Kier molecular flexibility index (Phi) is 7.45. The van der Waals surface area contributed by atoms with Gasteiger partial charge in [-0.25, -0.2) is 0 Å². The molecular formula is C27H42N2O2. The maximum absolute atomic E-state index is 12.4. The molecular weight excluding hydrogens is 384 g/mol. The van der Waals surface area contributed by atoms with Crippen LogP contribution in [-0.2, 0) is 16.0 Å². The molecule has 4 heteroatoms. The van der Waals surface area contributed by atoms with Gasteiger partial charge in [0.05, 0.1) is 6.42 Å². The van der Waals surface area contributed by atoms with E-state index in [1.165, 1.54) is 64.2 Å². The van der Waals surface area contributed by atoms with Gasteiger partial charge in [-0.05, 0) is 118 Å². The molecule has 0 spiro atoms. The number of hydrogen-bond acceptors (Lipinski definition) is 4. The minimum atomic E-state index is -0.157. The molecule has 0 bridgehead atoms. The van der Waals surface area contributed by atoms with Gasteiger partial charge in [-0.1, -0.05) is 19.8 Å². The number of benzene rings is 1. The standard InChI is InChI=1S/C27H42N2O2/c1-18-2-4-20(5-3-18)21-6-8-22(9-7-21)23-10-12-26(13-11-23)31-27(30)16-19-14-24(28)17-25(29)15-19/h14-15,17-18,20-23,26H,2-13,16,28-29H2,1H3. The van der Waals surface area contributed by atoms with E-state index in [9.17, 15) is 4.79 Å². The third kappa shape index (κ3) is 6.17. The van der Waals surface area contributed by atoms with Gasteiger partial charge < -0.3 is 16.2 Å². The Hall–Kier alpha value is -1.71. The molecule has 0 heterocycles. The Morgan fingerprint density at radius 2 is 1.16 bits per heavy atom. The van der Waals surface area contributed by atoms with Crippen LogP contribution in [0.5, 0.6) is 0 Å². The summed E-state index contributed by atoms with van der Waals surface area (Å²) in [5, 5.41) is 0. The smallest absolute Gasteiger partial charge is 0.310 e. The van der Waals surface area contributed by atoms with Crippen LogP contribution in [0.4, 0.5) is 11.4 Å². The Balaban J connectivity index is 1.17. The molecule has 0 aliphatic heterocycles. The van der Waals surface area contributed by atoms with Gasteiger partial charge in [0, 0.05) is 11.4 Å². The number of carbonyl (C=O) groups excluding carboxylic acids is 1. The first kappa shape index (κ1) is 22.5. The fraction of sp³-hybridized carbons (Fsp3) is 0.741. The fourth-order valence-corrected chi connectivity index (χ4v) is 6.76. The van der Waals surface area contributed by atoms with Gasteiger partial charge in [0.25, 0.3) is 0 Å². The van der Waals surface area contributed by atoms with Crippen LogP contribution in [0, 0.1) is 29.6 Å². The lowest BCUT2D eigenvalue weighted by molar-refractivity contribution is -0.150. The van der Waals surface area contributed by atoms with Crippen LogP contribution < -0.4 is 11.5 Å². The molecule has 1 aromatic carbocycles. The van der Waals surface area contributed by atoms with Gasteiger partial charge in [-0.3, -0.25) is 4.79 Å². The number of ether oxygens (including phenoxy) is 1. The number of nitrogens with two attached hydrogens (primary N) is 2. The highest BCUT2D eigenvalue weighted by Gasteiger charge is 2.34. The van der Waals surface area contributed by atoms with Crippen LogP contribution in [0.3, 0.4) is 0 Å². The maximum atomic E-state index is 12.4. The topological polar surface area (TPSA) is 78.3 Å². The Morgan fingerprint density at radius 3 is 1.65 bits per heavy atom. The largest absolute Gasteiger partial charge is 0.462 e. The van der Waals surface area contributed by atoms with Gasteiger partial charge in [-0.2, -0.15) is 0 Å². The van der Waals surface area contributed by atoms with Crippen molar-refractivity contribution in [1.29, 1.82) is 0 Å². The van der Waals surface area contributed by atoms with Gasteiger partial charge in [0.2, 0.25) is 0 Å². The minimum absolute atomic E-state index is 0.0859. The summed E-state index contributed by atoms with van der Waals surface area (Å²) in [4.78, 5) is 12.4. The number of rotatable bonds is 5. The number of esters is 1. The lowest BCUT2D eigenvalue weighted by Gasteiger charge is -2.41. The molecule has 0 amide bonds. The molecule has 4 rings (SSSR count). The van der Waals surface area contributed by atoms with Crippen LogP contribution >= 0.6 is 0 Å². The molecule has 0 unspecified atom stereocenters. The van der Waals surface area contributed by atoms with E-state index in [0.717, 1.165) is 48.0 Å². The highest BCUT2D eigenvalue weighted by molar-refractivity contribution is 5.74. The molecule has 0 atom stereocenters. The molecule has 0 radical (unpaired) electrons. The first-order valence-corrected chi connectivity index (χ1v) is 12.8. The molecule has 3 aliphatic rings. The molecule has 4 N–H and O–H groups in total. The molecule has 0 saturated heterocycles. The molecule has 0 aromatic heterocycles. The highest BCUT2D eigenvalue weighted by atomic mass is 16.5. The summed E-state index contributed by atoms with van der Waals surface area (Å²) < 4.78 is 5.80. The third-order valence-electron chi connectivity index (χ3n) is 8.61. The number of hydrogen-bond donors (Lipinski definition) is 2. The van der Waals surface area contributed by atoms with Crippen molar-refractivity contribution in [2.45, 2.75) is 96.5 Å². The second kappa shape index (κ2) is 10.3. The molecule has 3 aliphatic carbocycles. The maximum Gasteiger partial charge on any atom is 0.310 e. The molecule has 31 heavy (non-hydrogen) atoms. The summed E-state index contributed by atoms with van der Waals surface area (Å²) in [5.41, 5.74) is 13.7. The van der Waals surface area contributed by atoms with E-state index in [1.54, 1.807) is 18.2 Å². The van der Waals surface area contributed by atoms with Crippen LogP contribution in [0.15, 0.2) is 18.2 Å². The Labute approximate surface area is 188 Å². The van der Waals surface area contributed by atoms with Crippen LogP contribution in [-0.4, -0.2) is 12.1 Å². The van der Waals surface area contributed by atoms with E-state index in [2.05, 4.69) is 6.92 Å². The lowest BCUT2D eigenvalue weighted by atomic mass is 9.65. The highest BCUT2D eigenvalue weighted by Crippen LogP contribution is 2.45. The van der Waals surface area contributed by atoms with Crippen molar-refractivity contribution in [1.82, 2.24) is 0 Å². The third-order valence-corrected chi connectivity index (χ3v) is 8.61. The first-order valence-electron chi connectivity index (χ1n) is 12.8. The molecule has 3 saturated carbocycles. The number of anilines is 2. The van der Waals surface area contributed by atoms with Gasteiger partial charge in [-0.15, -0.1) is 0 Å². The second-order valence-electron chi connectivity index (χ2n) is 10.9. The van der Waals surface area contributed by atoms with Crippen molar-refractivity contribution >= 4 is 17.3 Å². The summed E-state index contributed by atoms with van der Waals surface area (Å²) in [5.74, 6) is 4.57. The summed E-state index contributed by atoms with van der Waals surface area (Å²) in [6.07, 6.45) is 16.5. The molecule has 4 nitrogen and oxygen atoms in total. The van der Waals surface area contributed by atoms with Crippen LogP contribution in [0.25, 0.3) is 0 Å². The van der Waals surface area contributed by atoms with E-state index in [1.807, 2.05) is 0 Å². The van der Waals surface area contributed by atoms with Crippen molar-refractivity contribution < 1.29 is 9.53 Å². The summed E-state index contributed by atoms with van der Waals surface area (Å²) in [7, 11) is 0. The predicted octanol–water partition coefficient (Wildman–Crippen LogP) is 6.13. The average Bonchev–Trinajstić information content (AvgIpc) is 2.74. The fourth-order valence-electron chi connectivity index (χ4n) is 6.76. The molecule has 3 fully saturated rings. The zero-order valence-corrected chi connectivity index (χ0v) is 19.4. The Morgan fingerprint density at radius 1 is 0.742 bits per heavy atom. The normalized spacial score (nSPS) is 34.2. The molecule has 172 valence electrons. The Bertz CT molecular complexity index is 705. The van der Waals surface area contributed by atoms with Crippen LogP contribution in [0.1, 0.15) is 89.5 Å². The van der Waals surface area contributed by atoms with Gasteiger partial charge in [0.1, 0.15) is 6.10 Å². The summed E-state index contributed by atoms with van der Waals surface area (Å²) in [6.45, 7) is 2.42. The van der Waals surface area contributed by atoms with Gasteiger partial charge in [0.15, 0.2) is 0 Å². The summed E-state index contributed by atoms with van der Waals surface area (Å²) in [6, 6.07) is 5.32. The zero-order valence-electron chi connectivity index (χ0n) is 19.4. The van der Waals surface area contributed by atoms with Crippen molar-refractivity contribution in [3.8, 4) is 0 Å².